The van der Waals surface area contributed by atoms with E-state index < -0.39 is 11.8 Å². The van der Waals surface area contributed by atoms with Crippen molar-refractivity contribution in [1.82, 2.24) is 9.97 Å². The molecule has 0 aliphatic carbocycles. The molecule has 1 N–H and O–H groups in total. The average Bonchev–Trinajstić information content (AvgIpc) is 2.57. The van der Waals surface area contributed by atoms with Gasteiger partial charge in [-0.25, -0.2) is 19.2 Å². The second-order valence-electron chi connectivity index (χ2n) is 6.08. The highest BCUT2D eigenvalue weighted by atomic mass is 35.5. The number of ether oxygens (including phenoxy) is 1. The Hall–Kier alpha value is -2.73. The Kier molecular flexibility index (Phi) is 5.04. The quantitative estimate of drug-likeness (QED) is 0.649. The van der Waals surface area contributed by atoms with Gasteiger partial charge >= 0.3 is 5.97 Å². The van der Waals surface area contributed by atoms with Crippen LogP contribution in [0.4, 0.5) is 15.8 Å². The number of halogens is 2. The molecule has 7 heteroatoms. The van der Waals surface area contributed by atoms with Gasteiger partial charge in [-0.15, -0.1) is 0 Å². The van der Waals surface area contributed by atoms with Gasteiger partial charge in [0, 0.05) is 23.0 Å². The molecule has 0 amide bonds. The molecule has 3 rings (SSSR count). The molecule has 2 heterocycles. The summed E-state index contributed by atoms with van der Waals surface area (Å²) in [4.78, 5) is 21.1. The molecule has 0 aliphatic rings. The van der Waals surface area contributed by atoms with Crippen LogP contribution >= 0.6 is 11.6 Å². The Bertz CT molecular complexity index is 992. The minimum atomic E-state index is -0.520. The van der Waals surface area contributed by atoms with E-state index in [1.807, 2.05) is 19.1 Å². The lowest BCUT2D eigenvalue weighted by Gasteiger charge is -2.15. The maximum absolute atomic E-state index is 13.4. The summed E-state index contributed by atoms with van der Waals surface area (Å²) in [6.07, 6.45) is 1.15. The van der Waals surface area contributed by atoms with Crippen molar-refractivity contribution in [2.45, 2.75) is 26.9 Å². The zero-order chi connectivity index (χ0) is 18.8. The summed E-state index contributed by atoms with van der Waals surface area (Å²) < 4.78 is 18.7. The fourth-order valence-corrected chi connectivity index (χ4v) is 2.64. The molecule has 0 spiro atoms. The first-order chi connectivity index (χ1) is 12.3. The van der Waals surface area contributed by atoms with Crippen LogP contribution in [0.15, 0.2) is 36.5 Å². The molecule has 0 aliphatic heterocycles. The van der Waals surface area contributed by atoms with E-state index in [2.05, 4.69) is 15.3 Å². The molecule has 3 aromatic rings. The summed E-state index contributed by atoms with van der Waals surface area (Å²) in [6.45, 7) is 5.39. The topological polar surface area (TPSA) is 64.1 Å². The smallest absolute Gasteiger partial charge is 0.342 e. The predicted octanol–water partition coefficient (Wildman–Crippen LogP) is 5.04. The van der Waals surface area contributed by atoms with Crippen LogP contribution in [-0.4, -0.2) is 22.0 Å². The van der Waals surface area contributed by atoms with E-state index >= 15 is 0 Å². The number of nitrogens with zero attached hydrogens (tertiary/aromatic N) is 2. The van der Waals surface area contributed by atoms with Gasteiger partial charge in [0.05, 0.1) is 16.8 Å². The number of aromatic nitrogens is 2. The van der Waals surface area contributed by atoms with E-state index in [1.54, 1.807) is 13.8 Å². The first-order valence-corrected chi connectivity index (χ1v) is 8.42. The van der Waals surface area contributed by atoms with Crippen molar-refractivity contribution < 1.29 is 13.9 Å². The first kappa shape index (κ1) is 18.1. The lowest BCUT2D eigenvalue weighted by atomic mass is 10.1. The van der Waals surface area contributed by atoms with Crippen LogP contribution in [0.1, 0.15) is 29.9 Å². The second kappa shape index (κ2) is 7.25. The third kappa shape index (κ3) is 3.75. The normalized spacial score (nSPS) is 11.0. The summed E-state index contributed by atoms with van der Waals surface area (Å²) in [6, 6.07) is 7.88. The van der Waals surface area contributed by atoms with Crippen molar-refractivity contribution in [2.24, 2.45) is 0 Å². The van der Waals surface area contributed by atoms with Crippen LogP contribution in [0, 0.1) is 12.7 Å². The number of rotatable bonds is 4. The Morgan fingerprint density at radius 2 is 2.04 bits per heavy atom. The first-order valence-electron chi connectivity index (χ1n) is 8.04. The molecule has 0 fully saturated rings. The molecule has 5 nitrogen and oxygen atoms in total. The van der Waals surface area contributed by atoms with Crippen LogP contribution in [-0.2, 0) is 4.74 Å². The third-order valence-corrected chi connectivity index (χ3v) is 3.91. The van der Waals surface area contributed by atoms with Gasteiger partial charge in [-0.2, -0.15) is 0 Å². The molecule has 1 aromatic carbocycles. The van der Waals surface area contributed by atoms with Crippen LogP contribution in [0.25, 0.3) is 11.0 Å². The highest BCUT2D eigenvalue weighted by Gasteiger charge is 2.19. The van der Waals surface area contributed by atoms with Crippen molar-refractivity contribution in [3.8, 4) is 0 Å². The molecule has 0 saturated heterocycles. The number of aryl methyl sites for hydroxylation is 1. The molecule has 134 valence electrons. The molecular formula is C19H17ClFN3O2. The van der Waals surface area contributed by atoms with E-state index in [4.69, 9.17) is 16.3 Å². The second-order valence-corrected chi connectivity index (χ2v) is 6.49. The number of pyridine rings is 2. The largest absolute Gasteiger partial charge is 0.459 e. The number of hydrogen-bond donors (Lipinski definition) is 1. The van der Waals surface area contributed by atoms with Crippen molar-refractivity contribution in [3.05, 3.63) is 58.6 Å². The molecule has 0 atom stereocenters. The van der Waals surface area contributed by atoms with Crippen LogP contribution in [0.3, 0.4) is 0 Å². The van der Waals surface area contributed by atoms with E-state index in [9.17, 15) is 9.18 Å². The number of nitrogens with one attached hydrogen (secondary N) is 1. The predicted molar refractivity (Wildman–Crippen MR) is 99.5 cm³/mol. The lowest BCUT2D eigenvalue weighted by Crippen LogP contribution is -2.14. The van der Waals surface area contributed by atoms with Crippen molar-refractivity contribution in [1.29, 1.82) is 0 Å². The van der Waals surface area contributed by atoms with Gasteiger partial charge in [-0.05, 0) is 51.1 Å². The van der Waals surface area contributed by atoms with Gasteiger partial charge < -0.3 is 10.1 Å². The van der Waals surface area contributed by atoms with Gasteiger partial charge in [0.25, 0.3) is 0 Å². The van der Waals surface area contributed by atoms with Gasteiger partial charge in [0.15, 0.2) is 5.65 Å². The Morgan fingerprint density at radius 1 is 1.27 bits per heavy atom. The highest BCUT2D eigenvalue weighted by Crippen LogP contribution is 2.30. The fourth-order valence-electron chi connectivity index (χ4n) is 2.46. The summed E-state index contributed by atoms with van der Waals surface area (Å²) >= 11 is 5.86. The number of benzene rings is 1. The molecular weight excluding hydrogens is 357 g/mol. The zero-order valence-corrected chi connectivity index (χ0v) is 15.3. The number of anilines is 2. The molecule has 0 bridgehead atoms. The lowest BCUT2D eigenvalue weighted by molar-refractivity contribution is 0.0379. The summed E-state index contributed by atoms with van der Waals surface area (Å²) in [5, 5.41) is 3.75. The number of esters is 1. The van der Waals surface area contributed by atoms with Gasteiger partial charge in [0.2, 0.25) is 0 Å². The monoisotopic (exact) mass is 373 g/mol. The van der Waals surface area contributed by atoms with Crippen molar-refractivity contribution in [3.63, 3.8) is 0 Å². The van der Waals surface area contributed by atoms with Gasteiger partial charge in [-0.3, -0.25) is 0 Å². The standard InChI is InChI=1S/C19H17ClFN3O2/c1-10(2)26-19(25)14-9-22-18-13(6-4-11(3)23-18)17(14)24-12-5-7-16(21)15(20)8-12/h4-10H,1-3H3,(H,22,23,24). The van der Waals surface area contributed by atoms with Crippen molar-refractivity contribution in [2.75, 3.05) is 5.32 Å². The van der Waals surface area contributed by atoms with Crippen LogP contribution in [0.2, 0.25) is 5.02 Å². The molecule has 0 unspecified atom stereocenters. The Balaban J connectivity index is 2.14. The third-order valence-electron chi connectivity index (χ3n) is 3.62. The number of hydrogen-bond acceptors (Lipinski definition) is 5. The zero-order valence-electron chi connectivity index (χ0n) is 14.5. The van der Waals surface area contributed by atoms with E-state index in [1.165, 1.54) is 24.4 Å². The SMILES string of the molecule is Cc1ccc2c(Nc3ccc(F)c(Cl)c3)c(C(=O)OC(C)C)cnc2n1. The highest BCUT2D eigenvalue weighted by molar-refractivity contribution is 6.31. The summed E-state index contributed by atoms with van der Waals surface area (Å²) in [5.74, 6) is -1.03. The molecule has 0 radical (unpaired) electrons. The van der Waals surface area contributed by atoms with Gasteiger partial charge in [-0.1, -0.05) is 11.6 Å². The molecule has 2 aromatic heterocycles. The Morgan fingerprint density at radius 3 is 2.73 bits per heavy atom. The summed E-state index contributed by atoms with van der Waals surface area (Å²) in [5.41, 5.74) is 2.57. The van der Waals surface area contributed by atoms with Crippen molar-refractivity contribution >= 4 is 40.0 Å². The molecule has 26 heavy (non-hydrogen) atoms. The molecule has 0 saturated carbocycles. The summed E-state index contributed by atoms with van der Waals surface area (Å²) in [7, 11) is 0. The number of carbonyl (C=O) groups excluding carboxylic acids is 1. The van der Waals surface area contributed by atoms with E-state index in [-0.39, 0.29) is 16.7 Å². The average molecular weight is 374 g/mol. The number of fused-ring (bicyclic) bond motifs is 1. The van der Waals surface area contributed by atoms with E-state index in [0.29, 0.717) is 22.4 Å². The van der Waals surface area contributed by atoms with Crippen LogP contribution in [0.5, 0.6) is 0 Å². The van der Waals surface area contributed by atoms with Crippen LogP contribution < -0.4 is 5.32 Å². The minimum absolute atomic E-state index is 0.0198. The van der Waals surface area contributed by atoms with Gasteiger partial charge in [0.1, 0.15) is 11.4 Å². The Labute approximate surface area is 155 Å². The minimum Gasteiger partial charge on any atom is -0.459 e. The fraction of sp³-hybridized carbons (Fsp3) is 0.211. The number of carbonyl (C=O) groups is 1. The maximum Gasteiger partial charge on any atom is 0.342 e. The maximum atomic E-state index is 13.4. The van der Waals surface area contributed by atoms with E-state index in [0.717, 1.165) is 5.69 Å².